The zero-order chi connectivity index (χ0) is 20.2. The molecule has 0 amide bonds. The van der Waals surface area contributed by atoms with Crippen LogP contribution in [0.4, 0.5) is 0 Å². The van der Waals surface area contributed by atoms with Crippen LogP contribution in [0, 0.1) is 17.4 Å². The Morgan fingerprint density at radius 3 is 1.82 bits per heavy atom. The summed E-state index contributed by atoms with van der Waals surface area (Å²) in [7, 11) is 0. The van der Waals surface area contributed by atoms with Gasteiger partial charge in [0.25, 0.3) is 0 Å². The highest BCUT2D eigenvalue weighted by atomic mass is 15.1. The Bertz CT molecular complexity index is 795. The Balaban J connectivity index is 1.61. The maximum atomic E-state index is 7.40. The monoisotopic (exact) mass is 374 g/mol. The van der Waals surface area contributed by atoms with Gasteiger partial charge >= 0.3 is 0 Å². The molecule has 0 saturated carbocycles. The molecule has 1 fully saturated rings. The molecule has 0 radical (unpaired) electrons. The molecule has 148 valence electrons. The van der Waals surface area contributed by atoms with Gasteiger partial charge in [0.1, 0.15) is 0 Å². The molecule has 0 N–H and O–H groups in total. The lowest BCUT2D eigenvalue weighted by atomic mass is 9.61. The molecular formula is C26H34N2. The molecule has 0 aromatic heterocycles. The Morgan fingerprint density at radius 1 is 0.893 bits per heavy atom. The summed E-state index contributed by atoms with van der Waals surface area (Å²) in [5, 5.41) is 0. The number of hydrogen-bond donors (Lipinski definition) is 0. The second-order valence-corrected chi connectivity index (χ2v) is 9.37. The largest absolute Gasteiger partial charge is 0.316 e. The first kappa shape index (κ1) is 20.6. The van der Waals surface area contributed by atoms with Gasteiger partial charge in [0, 0.05) is 12.0 Å². The number of benzene rings is 2. The van der Waals surface area contributed by atoms with E-state index in [4.69, 9.17) is 6.57 Å². The summed E-state index contributed by atoms with van der Waals surface area (Å²) in [6, 6.07) is 17.9. The molecule has 0 bridgehead atoms. The molecule has 1 saturated heterocycles. The van der Waals surface area contributed by atoms with E-state index in [-0.39, 0.29) is 10.8 Å². The normalized spacial score (nSPS) is 17.2. The van der Waals surface area contributed by atoms with Crippen LogP contribution in [-0.2, 0) is 13.0 Å². The zero-order valence-electron chi connectivity index (χ0n) is 18.0. The maximum absolute atomic E-state index is 7.40. The summed E-state index contributed by atoms with van der Waals surface area (Å²) in [5.74, 6) is 0. The van der Waals surface area contributed by atoms with Gasteiger partial charge in [-0.2, -0.15) is 0 Å². The van der Waals surface area contributed by atoms with Crippen molar-refractivity contribution >= 4 is 0 Å². The average Bonchev–Trinajstić information content (AvgIpc) is 2.69. The Morgan fingerprint density at radius 2 is 1.39 bits per heavy atom. The van der Waals surface area contributed by atoms with Crippen molar-refractivity contribution in [2.75, 3.05) is 19.6 Å². The highest BCUT2D eigenvalue weighted by Crippen LogP contribution is 2.47. The molecule has 0 aliphatic carbocycles. The molecule has 3 rings (SSSR count). The number of likely N-dealkylation sites (tertiary alicyclic amines) is 1. The number of hydrogen-bond acceptors (Lipinski definition) is 1. The van der Waals surface area contributed by atoms with Crippen molar-refractivity contribution in [3.05, 3.63) is 71.1 Å². The number of rotatable bonds is 5. The van der Waals surface area contributed by atoms with Gasteiger partial charge in [-0.3, -0.25) is 4.90 Å². The fraction of sp³-hybridized carbons (Fsp3) is 0.500. The van der Waals surface area contributed by atoms with Crippen LogP contribution in [0.25, 0.3) is 16.0 Å². The van der Waals surface area contributed by atoms with E-state index in [0.29, 0.717) is 6.54 Å². The summed E-state index contributed by atoms with van der Waals surface area (Å²) in [6.07, 6.45) is 3.34. The second-order valence-electron chi connectivity index (χ2n) is 9.37. The third-order valence-corrected chi connectivity index (χ3v) is 6.84. The maximum Gasteiger partial charge on any atom is 0.220 e. The number of nitrogens with zero attached hydrogens (tertiary/aromatic N) is 2. The SMILES string of the molecule is [C-]#[N+]CC1(C(C)(C)C)CCN(Cc2ccc(-c3ccc(CC)cc3)cc2)CC1. The van der Waals surface area contributed by atoms with E-state index in [1.165, 1.54) is 22.3 Å². The molecule has 28 heavy (non-hydrogen) atoms. The van der Waals surface area contributed by atoms with Crippen molar-refractivity contribution in [2.45, 2.75) is 53.5 Å². The molecule has 2 nitrogen and oxygen atoms in total. The topological polar surface area (TPSA) is 7.60 Å². The molecule has 0 unspecified atom stereocenters. The van der Waals surface area contributed by atoms with Crippen LogP contribution < -0.4 is 0 Å². The molecule has 0 spiro atoms. The molecule has 2 heteroatoms. The van der Waals surface area contributed by atoms with Crippen molar-refractivity contribution < 1.29 is 0 Å². The van der Waals surface area contributed by atoms with Gasteiger partial charge in [0.05, 0.1) is 0 Å². The lowest BCUT2D eigenvalue weighted by Gasteiger charge is -2.46. The van der Waals surface area contributed by atoms with Crippen LogP contribution in [-0.4, -0.2) is 24.5 Å². The standard InChI is InChI=1S/C26H34N2/c1-6-21-7-11-23(12-8-21)24-13-9-22(10-14-24)19-28-17-15-26(16-18-28,20-27-5)25(2,3)4/h7-14H,6,15-20H2,1-4H3. The summed E-state index contributed by atoms with van der Waals surface area (Å²) in [4.78, 5) is 6.34. The van der Waals surface area contributed by atoms with Gasteiger partial charge in [0.15, 0.2) is 0 Å². The zero-order valence-corrected chi connectivity index (χ0v) is 18.0. The van der Waals surface area contributed by atoms with E-state index in [1.807, 2.05) is 0 Å². The fourth-order valence-corrected chi connectivity index (χ4v) is 4.43. The smallest absolute Gasteiger partial charge is 0.220 e. The van der Waals surface area contributed by atoms with Gasteiger partial charge in [-0.1, -0.05) is 76.2 Å². The first-order valence-corrected chi connectivity index (χ1v) is 10.6. The van der Waals surface area contributed by atoms with E-state index in [0.717, 1.165) is 38.9 Å². The van der Waals surface area contributed by atoms with Crippen molar-refractivity contribution in [1.82, 2.24) is 4.90 Å². The first-order chi connectivity index (χ1) is 13.4. The highest BCUT2D eigenvalue weighted by molar-refractivity contribution is 5.63. The van der Waals surface area contributed by atoms with Crippen LogP contribution in [0.5, 0.6) is 0 Å². The quantitative estimate of drug-likeness (QED) is 0.545. The lowest BCUT2D eigenvalue weighted by Crippen LogP contribution is -2.47. The van der Waals surface area contributed by atoms with Gasteiger partial charge in [0.2, 0.25) is 6.54 Å². The molecular weight excluding hydrogens is 340 g/mol. The number of piperidine rings is 1. The van der Waals surface area contributed by atoms with Crippen molar-refractivity contribution in [2.24, 2.45) is 10.8 Å². The van der Waals surface area contributed by atoms with Gasteiger partial charge in [-0.15, -0.1) is 0 Å². The van der Waals surface area contributed by atoms with Crippen LogP contribution in [0.1, 0.15) is 51.7 Å². The predicted molar refractivity (Wildman–Crippen MR) is 119 cm³/mol. The molecule has 1 heterocycles. The fourth-order valence-electron chi connectivity index (χ4n) is 4.43. The van der Waals surface area contributed by atoms with E-state index >= 15 is 0 Å². The third kappa shape index (κ3) is 4.47. The van der Waals surface area contributed by atoms with Gasteiger partial charge in [-0.25, -0.2) is 6.57 Å². The highest BCUT2D eigenvalue weighted by Gasteiger charge is 2.46. The Hall–Kier alpha value is -2.11. The molecule has 1 aliphatic heterocycles. The summed E-state index contributed by atoms with van der Waals surface area (Å²) < 4.78 is 0. The molecule has 2 aromatic rings. The van der Waals surface area contributed by atoms with Gasteiger partial charge in [-0.05, 0) is 60.0 Å². The molecule has 1 aliphatic rings. The minimum atomic E-state index is 0.166. The molecule has 0 atom stereocenters. The van der Waals surface area contributed by atoms with Crippen LogP contribution in [0.2, 0.25) is 0 Å². The third-order valence-electron chi connectivity index (χ3n) is 6.84. The van der Waals surface area contributed by atoms with Crippen molar-refractivity contribution in [3.63, 3.8) is 0 Å². The van der Waals surface area contributed by atoms with E-state index in [9.17, 15) is 0 Å². The van der Waals surface area contributed by atoms with Crippen LogP contribution in [0.3, 0.4) is 0 Å². The van der Waals surface area contributed by atoms with E-state index < -0.39 is 0 Å². The van der Waals surface area contributed by atoms with E-state index in [1.54, 1.807) is 0 Å². The number of aryl methyl sites for hydroxylation is 1. The predicted octanol–water partition coefficient (Wildman–Crippen LogP) is 6.46. The molecule has 2 aromatic carbocycles. The summed E-state index contributed by atoms with van der Waals surface area (Å²) >= 11 is 0. The van der Waals surface area contributed by atoms with Crippen LogP contribution in [0.15, 0.2) is 48.5 Å². The summed E-state index contributed by atoms with van der Waals surface area (Å²) in [6.45, 7) is 20.4. The first-order valence-electron chi connectivity index (χ1n) is 10.6. The Labute approximate surface area is 171 Å². The second kappa shape index (κ2) is 8.50. The summed E-state index contributed by atoms with van der Waals surface area (Å²) in [5.41, 5.74) is 5.69. The van der Waals surface area contributed by atoms with Crippen molar-refractivity contribution in [1.29, 1.82) is 0 Å². The van der Waals surface area contributed by atoms with Crippen molar-refractivity contribution in [3.8, 4) is 11.1 Å². The van der Waals surface area contributed by atoms with Crippen LogP contribution >= 0.6 is 0 Å². The van der Waals surface area contributed by atoms with Gasteiger partial charge < -0.3 is 4.85 Å². The lowest BCUT2D eigenvalue weighted by molar-refractivity contribution is 0.0173. The van der Waals surface area contributed by atoms with E-state index in [2.05, 4.69) is 86.0 Å². The minimum Gasteiger partial charge on any atom is -0.316 e. The average molecular weight is 375 g/mol. The Kier molecular flexibility index (Phi) is 6.26. The minimum absolute atomic E-state index is 0.166.